The first-order valence-corrected chi connectivity index (χ1v) is 14.6. The summed E-state index contributed by atoms with van der Waals surface area (Å²) in [4.78, 5) is 0. The lowest BCUT2D eigenvalue weighted by Gasteiger charge is -2.20. The van der Waals surface area contributed by atoms with Crippen LogP contribution in [0, 0.1) is 5.92 Å². The second-order valence-electron chi connectivity index (χ2n) is 6.36. The van der Waals surface area contributed by atoms with Gasteiger partial charge >= 0.3 is 27.9 Å². The van der Waals surface area contributed by atoms with E-state index in [1.165, 1.54) is 38.5 Å². The fraction of sp³-hybridized carbons (Fsp3) is 1.00. The Morgan fingerprint density at radius 3 is 0.920 bits per heavy atom. The zero-order valence-corrected chi connectivity index (χ0v) is 20.6. The van der Waals surface area contributed by atoms with E-state index in [1.807, 2.05) is 0 Å². The molecule has 0 bridgehead atoms. The van der Waals surface area contributed by atoms with Crippen LogP contribution in [0.2, 0.25) is 18.1 Å². The van der Waals surface area contributed by atoms with Gasteiger partial charge in [0.15, 0.2) is 0 Å². The average molecular weight is 413 g/mol. The lowest BCUT2D eigenvalue weighted by molar-refractivity contribution is 0.269. The molecule has 9 heteroatoms. The Kier molecular flexibility index (Phi) is 18.1. The van der Waals surface area contributed by atoms with Gasteiger partial charge in [0.05, 0.1) is 0 Å². The van der Waals surface area contributed by atoms with E-state index in [4.69, 9.17) is 26.6 Å². The van der Waals surface area contributed by atoms with Crippen LogP contribution in [0.3, 0.4) is 0 Å². The van der Waals surface area contributed by atoms with E-state index in [0.29, 0.717) is 0 Å². The molecule has 0 heterocycles. The Bertz CT molecular complexity index is 234. The molecule has 0 rings (SSSR count). The molecule has 0 aliphatic heterocycles. The Morgan fingerprint density at radius 1 is 0.480 bits per heavy atom. The van der Waals surface area contributed by atoms with Crippen LogP contribution in [0.4, 0.5) is 0 Å². The van der Waals surface area contributed by atoms with Crippen LogP contribution in [-0.4, -0.2) is 70.5 Å². The van der Waals surface area contributed by atoms with Gasteiger partial charge in [-0.05, 0) is 24.1 Å². The second kappa shape index (κ2) is 17.8. The van der Waals surface area contributed by atoms with E-state index >= 15 is 0 Å². The van der Waals surface area contributed by atoms with E-state index in [0.717, 1.165) is 24.1 Å². The molecule has 0 aromatic carbocycles. The smallest absolute Gasteiger partial charge is 0.320 e. The number of hydrogen-bond donors (Lipinski definition) is 0. The lowest BCUT2D eigenvalue weighted by atomic mass is 9.94. The molecule has 0 unspecified atom stereocenters. The van der Waals surface area contributed by atoms with Crippen molar-refractivity contribution < 1.29 is 26.6 Å². The summed E-state index contributed by atoms with van der Waals surface area (Å²) < 4.78 is 32.6. The standard InChI is InChI=1S/C16H40O6Si3/c1-17-23(18-2)13-7-10-16(11-8-14-24(19-3)20-4)12-9-15-25(21-5)22-6/h16,23-25H,7-15H2,1-6H3. The summed E-state index contributed by atoms with van der Waals surface area (Å²) >= 11 is 0. The Balaban J connectivity index is 4.24. The van der Waals surface area contributed by atoms with Gasteiger partial charge < -0.3 is 26.6 Å². The maximum atomic E-state index is 5.43. The first-order chi connectivity index (χ1) is 12.1. The van der Waals surface area contributed by atoms with E-state index in [2.05, 4.69) is 0 Å². The van der Waals surface area contributed by atoms with Crippen LogP contribution < -0.4 is 0 Å². The van der Waals surface area contributed by atoms with Crippen LogP contribution in [0.5, 0.6) is 0 Å². The molecular formula is C16H40O6Si3. The van der Waals surface area contributed by atoms with Gasteiger partial charge in [-0.1, -0.05) is 38.5 Å². The molecule has 0 saturated carbocycles. The highest BCUT2D eigenvalue weighted by Crippen LogP contribution is 2.24. The minimum absolute atomic E-state index is 0.745. The molecule has 152 valence electrons. The summed E-state index contributed by atoms with van der Waals surface area (Å²) in [5.41, 5.74) is 0. The number of hydrogen-bond acceptors (Lipinski definition) is 6. The maximum absolute atomic E-state index is 5.43. The largest absolute Gasteiger partial charge is 0.400 e. The van der Waals surface area contributed by atoms with Crippen molar-refractivity contribution in [2.75, 3.05) is 42.7 Å². The van der Waals surface area contributed by atoms with Crippen molar-refractivity contribution in [3.05, 3.63) is 0 Å². The van der Waals surface area contributed by atoms with Crippen LogP contribution in [0.1, 0.15) is 38.5 Å². The summed E-state index contributed by atoms with van der Waals surface area (Å²) in [6.45, 7) is 0. The van der Waals surface area contributed by atoms with Crippen molar-refractivity contribution in [2.24, 2.45) is 5.92 Å². The Labute approximate surface area is 160 Å². The molecule has 25 heavy (non-hydrogen) atoms. The van der Waals surface area contributed by atoms with Crippen LogP contribution >= 0.6 is 0 Å². The Morgan fingerprint density at radius 2 is 0.720 bits per heavy atom. The van der Waals surface area contributed by atoms with Gasteiger partial charge in [-0.25, -0.2) is 0 Å². The van der Waals surface area contributed by atoms with Crippen molar-refractivity contribution in [1.29, 1.82) is 0 Å². The molecule has 0 amide bonds. The molecule has 0 aliphatic rings. The molecule has 0 aromatic heterocycles. The summed E-state index contributed by atoms with van der Waals surface area (Å²) in [7, 11) is 6.30. The van der Waals surface area contributed by atoms with Gasteiger partial charge in [0.2, 0.25) is 0 Å². The topological polar surface area (TPSA) is 55.4 Å². The number of rotatable bonds is 18. The first kappa shape index (κ1) is 25.4. The molecule has 0 atom stereocenters. The lowest BCUT2D eigenvalue weighted by Crippen LogP contribution is -2.20. The third-order valence-corrected chi connectivity index (χ3v) is 10.5. The van der Waals surface area contributed by atoms with Crippen molar-refractivity contribution in [3.8, 4) is 0 Å². The van der Waals surface area contributed by atoms with E-state index in [9.17, 15) is 0 Å². The van der Waals surface area contributed by atoms with Crippen molar-refractivity contribution in [3.63, 3.8) is 0 Å². The third kappa shape index (κ3) is 13.3. The third-order valence-electron chi connectivity index (χ3n) is 4.73. The predicted molar refractivity (Wildman–Crippen MR) is 109 cm³/mol. The highest BCUT2D eigenvalue weighted by Gasteiger charge is 2.17. The minimum Gasteiger partial charge on any atom is -0.400 e. The van der Waals surface area contributed by atoms with Crippen LogP contribution in [0.25, 0.3) is 0 Å². The Hall–Kier alpha value is 0.411. The molecule has 0 N–H and O–H groups in total. The molecule has 0 aromatic rings. The molecule has 6 nitrogen and oxygen atoms in total. The van der Waals surface area contributed by atoms with Crippen LogP contribution in [-0.2, 0) is 26.6 Å². The summed E-state index contributed by atoms with van der Waals surface area (Å²) in [5.74, 6) is 0.745. The minimum atomic E-state index is -1.42. The normalized spacial score (nSPS) is 12.2. The van der Waals surface area contributed by atoms with Gasteiger partial charge in [0.1, 0.15) is 0 Å². The maximum Gasteiger partial charge on any atom is 0.320 e. The quantitative estimate of drug-likeness (QED) is 0.322. The molecule has 0 fully saturated rings. The summed E-state index contributed by atoms with van der Waals surface area (Å²) in [5, 5.41) is 0. The summed E-state index contributed by atoms with van der Waals surface area (Å²) in [6, 6.07) is 3.26. The van der Waals surface area contributed by atoms with Gasteiger partial charge in [-0.15, -0.1) is 0 Å². The second-order valence-corrected chi connectivity index (χ2v) is 13.5. The fourth-order valence-corrected chi connectivity index (χ4v) is 6.85. The van der Waals surface area contributed by atoms with Gasteiger partial charge in [-0.2, -0.15) is 0 Å². The molecular weight excluding hydrogens is 372 g/mol. The highest BCUT2D eigenvalue weighted by molar-refractivity contribution is 6.44. The molecule has 0 radical (unpaired) electrons. The monoisotopic (exact) mass is 412 g/mol. The summed E-state index contributed by atoms with van der Waals surface area (Å²) in [6.07, 6.45) is 7.30. The van der Waals surface area contributed by atoms with Crippen molar-refractivity contribution in [1.82, 2.24) is 0 Å². The zero-order valence-electron chi connectivity index (χ0n) is 17.1. The average Bonchev–Trinajstić information content (AvgIpc) is 2.65. The fourth-order valence-electron chi connectivity index (χ4n) is 3.15. The van der Waals surface area contributed by atoms with Gasteiger partial charge in [-0.3, -0.25) is 0 Å². The van der Waals surface area contributed by atoms with Crippen molar-refractivity contribution in [2.45, 2.75) is 56.7 Å². The molecule has 0 aliphatic carbocycles. The SMILES string of the molecule is CO[SiH](CCCC(CCC[SiH](OC)OC)CCC[SiH](OC)OC)OC. The van der Waals surface area contributed by atoms with E-state index in [1.54, 1.807) is 42.7 Å². The first-order valence-electron chi connectivity index (χ1n) is 9.31. The molecule has 0 spiro atoms. The van der Waals surface area contributed by atoms with E-state index < -0.39 is 27.9 Å². The predicted octanol–water partition coefficient (Wildman–Crippen LogP) is 2.48. The zero-order chi connectivity index (χ0) is 18.9. The van der Waals surface area contributed by atoms with Crippen LogP contribution in [0.15, 0.2) is 0 Å². The molecule has 0 saturated heterocycles. The van der Waals surface area contributed by atoms with Gasteiger partial charge in [0, 0.05) is 42.7 Å². The van der Waals surface area contributed by atoms with Crippen molar-refractivity contribution >= 4 is 27.9 Å². The highest BCUT2D eigenvalue weighted by atomic mass is 28.3. The van der Waals surface area contributed by atoms with Gasteiger partial charge in [0.25, 0.3) is 0 Å². The van der Waals surface area contributed by atoms with E-state index in [-0.39, 0.29) is 0 Å².